The van der Waals surface area contributed by atoms with Gasteiger partial charge in [0.2, 0.25) is 0 Å². The van der Waals surface area contributed by atoms with E-state index in [1.54, 1.807) is 18.2 Å². The fraction of sp³-hybridized carbons (Fsp3) is 0.417. The van der Waals surface area contributed by atoms with Gasteiger partial charge in [0.05, 0.1) is 5.56 Å². The molecule has 0 saturated heterocycles. The van der Waals surface area contributed by atoms with Crippen LogP contribution in [-0.2, 0) is 0 Å². The lowest BCUT2D eigenvalue weighted by Crippen LogP contribution is -2.31. The highest BCUT2D eigenvalue weighted by Crippen LogP contribution is 2.45. The zero-order valence-corrected chi connectivity index (χ0v) is 12.2. The molecule has 0 atom stereocenters. The number of carbonyl (C=O) groups excluding carboxylic acids is 1. The van der Waals surface area contributed by atoms with Gasteiger partial charge in [0, 0.05) is 27.3 Å². The third kappa shape index (κ3) is 3.15. The van der Waals surface area contributed by atoms with Gasteiger partial charge in [0.1, 0.15) is 0 Å². The lowest BCUT2D eigenvalue weighted by atomic mass is 10.1. The molecule has 1 aromatic carbocycles. The summed E-state index contributed by atoms with van der Waals surface area (Å²) in [6.45, 7) is 0.643. The standard InChI is InChI=1S/C12H12BrCl2NO/c13-10-5-8(15)1-2-9(10)11(17)16-7-12(6-14)3-4-12/h1-2,5H,3-4,6-7H2,(H,16,17). The molecule has 0 unspecified atom stereocenters. The molecular formula is C12H12BrCl2NO. The van der Waals surface area contributed by atoms with E-state index in [0.29, 0.717) is 27.5 Å². The van der Waals surface area contributed by atoms with Crippen LogP contribution in [-0.4, -0.2) is 18.3 Å². The van der Waals surface area contributed by atoms with Crippen molar-refractivity contribution in [3.8, 4) is 0 Å². The van der Waals surface area contributed by atoms with E-state index in [-0.39, 0.29) is 11.3 Å². The van der Waals surface area contributed by atoms with Crippen LogP contribution >= 0.6 is 39.1 Å². The number of carbonyl (C=O) groups is 1. The molecule has 1 saturated carbocycles. The van der Waals surface area contributed by atoms with E-state index in [2.05, 4.69) is 21.2 Å². The van der Waals surface area contributed by atoms with Gasteiger partial charge >= 0.3 is 0 Å². The van der Waals surface area contributed by atoms with Gasteiger partial charge in [-0.3, -0.25) is 4.79 Å². The zero-order chi connectivity index (χ0) is 12.5. The number of halogens is 3. The summed E-state index contributed by atoms with van der Waals surface area (Å²) in [5, 5.41) is 3.52. The molecular weight excluding hydrogens is 325 g/mol. The molecule has 1 aromatic rings. The molecule has 0 heterocycles. The van der Waals surface area contributed by atoms with E-state index in [1.165, 1.54) is 0 Å². The minimum absolute atomic E-state index is 0.0927. The predicted molar refractivity (Wildman–Crippen MR) is 73.9 cm³/mol. The van der Waals surface area contributed by atoms with Crippen LogP contribution in [0.2, 0.25) is 5.02 Å². The van der Waals surface area contributed by atoms with Crippen molar-refractivity contribution in [2.75, 3.05) is 12.4 Å². The van der Waals surface area contributed by atoms with Gasteiger partial charge < -0.3 is 5.32 Å². The molecule has 92 valence electrons. The van der Waals surface area contributed by atoms with E-state index >= 15 is 0 Å². The lowest BCUT2D eigenvalue weighted by molar-refractivity contribution is 0.0945. The van der Waals surface area contributed by atoms with Gasteiger partial charge in [0.25, 0.3) is 5.91 Å². The molecule has 0 radical (unpaired) electrons. The number of alkyl halides is 1. The summed E-state index contributed by atoms with van der Waals surface area (Å²) in [5.41, 5.74) is 0.732. The zero-order valence-electron chi connectivity index (χ0n) is 9.10. The second-order valence-corrected chi connectivity index (χ2v) is 6.00. The molecule has 1 N–H and O–H groups in total. The van der Waals surface area contributed by atoms with Gasteiger partial charge in [-0.1, -0.05) is 11.6 Å². The Morgan fingerprint density at radius 3 is 2.71 bits per heavy atom. The maximum atomic E-state index is 11.9. The Labute approximate surface area is 119 Å². The summed E-state index contributed by atoms with van der Waals surface area (Å²) < 4.78 is 0.707. The van der Waals surface area contributed by atoms with Crippen LogP contribution in [0.1, 0.15) is 23.2 Å². The van der Waals surface area contributed by atoms with Crippen molar-refractivity contribution in [3.63, 3.8) is 0 Å². The van der Waals surface area contributed by atoms with Gasteiger partial charge in [-0.15, -0.1) is 11.6 Å². The van der Waals surface area contributed by atoms with Crippen LogP contribution in [0, 0.1) is 5.41 Å². The molecule has 0 spiro atoms. The second-order valence-electron chi connectivity index (χ2n) is 4.44. The van der Waals surface area contributed by atoms with Crippen molar-refractivity contribution < 1.29 is 4.79 Å². The number of amides is 1. The Morgan fingerprint density at radius 1 is 1.47 bits per heavy atom. The molecule has 2 nitrogen and oxygen atoms in total. The van der Waals surface area contributed by atoms with Crippen molar-refractivity contribution in [1.82, 2.24) is 5.32 Å². The van der Waals surface area contributed by atoms with E-state index in [4.69, 9.17) is 23.2 Å². The second kappa shape index (κ2) is 5.17. The molecule has 1 amide bonds. The number of rotatable bonds is 4. The topological polar surface area (TPSA) is 29.1 Å². The highest BCUT2D eigenvalue weighted by Gasteiger charge is 2.41. The summed E-state index contributed by atoms with van der Waals surface area (Å²) in [7, 11) is 0. The van der Waals surface area contributed by atoms with E-state index < -0.39 is 0 Å². The van der Waals surface area contributed by atoms with E-state index in [0.717, 1.165) is 12.8 Å². The Morgan fingerprint density at radius 2 is 2.18 bits per heavy atom. The van der Waals surface area contributed by atoms with Gasteiger partial charge in [-0.05, 0) is 47.0 Å². The van der Waals surface area contributed by atoms with Crippen LogP contribution in [0.5, 0.6) is 0 Å². The summed E-state index contributed by atoms with van der Waals surface area (Å²) in [4.78, 5) is 11.9. The molecule has 0 bridgehead atoms. The third-order valence-corrected chi connectivity index (χ3v) is 4.50. The van der Waals surface area contributed by atoms with Crippen LogP contribution < -0.4 is 5.32 Å². The molecule has 0 aliphatic heterocycles. The summed E-state index contributed by atoms with van der Waals surface area (Å²) >= 11 is 15.0. The summed E-state index contributed by atoms with van der Waals surface area (Å²) in [6, 6.07) is 5.13. The van der Waals surface area contributed by atoms with Gasteiger partial charge in [0.15, 0.2) is 0 Å². The quantitative estimate of drug-likeness (QED) is 0.831. The van der Waals surface area contributed by atoms with E-state index in [1.807, 2.05) is 0 Å². The third-order valence-electron chi connectivity index (χ3n) is 3.04. The summed E-state index contributed by atoms with van der Waals surface area (Å²) in [6.07, 6.45) is 2.19. The number of hydrogen-bond acceptors (Lipinski definition) is 1. The minimum atomic E-state index is -0.0927. The highest BCUT2D eigenvalue weighted by molar-refractivity contribution is 9.10. The SMILES string of the molecule is O=C(NCC1(CCl)CC1)c1ccc(Cl)cc1Br. The van der Waals surface area contributed by atoms with Crippen molar-refractivity contribution in [3.05, 3.63) is 33.3 Å². The lowest BCUT2D eigenvalue weighted by Gasteiger charge is -2.13. The Hall–Kier alpha value is -0.250. The fourth-order valence-electron chi connectivity index (χ4n) is 1.57. The first-order valence-corrected chi connectivity index (χ1v) is 7.06. The summed E-state index contributed by atoms with van der Waals surface area (Å²) in [5.74, 6) is 0.514. The van der Waals surface area contributed by atoms with Crippen LogP contribution in [0.3, 0.4) is 0 Å². The monoisotopic (exact) mass is 335 g/mol. The first-order valence-electron chi connectivity index (χ1n) is 5.36. The van der Waals surface area contributed by atoms with Crippen molar-refractivity contribution in [1.29, 1.82) is 0 Å². The molecule has 1 fully saturated rings. The number of hydrogen-bond donors (Lipinski definition) is 1. The fourth-order valence-corrected chi connectivity index (χ4v) is 2.80. The van der Waals surface area contributed by atoms with Crippen LogP contribution in [0.4, 0.5) is 0 Å². The van der Waals surface area contributed by atoms with Gasteiger partial charge in [-0.2, -0.15) is 0 Å². The van der Waals surface area contributed by atoms with Crippen molar-refractivity contribution >= 4 is 45.0 Å². The average molecular weight is 337 g/mol. The van der Waals surface area contributed by atoms with Crippen molar-refractivity contribution in [2.45, 2.75) is 12.8 Å². The predicted octanol–water partition coefficient (Wildman–Crippen LogP) is 3.85. The Balaban J connectivity index is 2.00. The van der Waals surface area contributed by atoms with Gasteiger partial charge in [-0.25, -0.2) is 0 Å². The molecule has 2 rings (SSSR count). The van der Waals surface area contributed by atoms with Crippen LogP contribution in [0.15, 0.2) is 22.7 Å². The average Bonchev–Trinajstić information content (AvgIpc) is 3.07. The highest BCUT2D eigenvalue weighted by atomic mass is 79.9. The first kappa shape index (κ1) is 13.2. The Bertz CT molecular complexity index is 446. The largest absolute Gasteiger partial charge is 0.351 e. The first-order chi connectivity index (χ1) is 8.06. The maximum absolute atomic E-state index is 11.9. The van der Waals surface area contributed by atoms with Crippen molar-refractivity contribution in [2.24, 2.45) is 5.41 Å². The maximum Gasteiger partial charge on any atom is 0.252 e. The Kier molecular flexibility index (Phi) is 4.01. The number of nitrogens with one attached hydrogen (secondary N) is 1. The minimum Gasteiger partial charge on any atom is -0.351 e. The van der Waals surface area contributed by atoms with Crippen LogP contribution in [0.25, 0.3) is 0 Å². The smallest absolute Gasteiger partial charge is 0.252 e. The van der Waals surface area contributed by atoms with E-state index in [9.17, 15) is 4.79 Å². The molecule has 17 heavy (non-hydrogen) atoms. The molecule has 1 aliphatic carbocycles. The molecule has 0 aromatic heterocycles. The normalized spacial score (nSPS) is 16.6. The molecule has 5 heteroatoms. The molecule has 1 aliphatic rings. The number of benzene rings is 1.